The van der Waals surface area contributed by atoms with Crippen molar-refractivity contribution in [2.24, 2.45) is 11.8 Å². The molecule has 1 aliphatic carbocycles. The van der Waals surface area contributed by atoms with Gasteiger partial charge < -0.3 is 4.74 Å². The van der Waals surface area contributed by atoms with Gasteiger partial charge in [0.15, 0.2) is 0 Å². The van der Waals surface area contributed by atoms with Crippen LogP contribution in [-0.4, -0.2) is 16.8 Å². The van der Waals surface area contributed by atoms with E-state index in [1.165, 1.54) is 51.4 Å². The molecule has 0 N–H and O–H groups in total. The van der Waals surface area contributed by atoms with Crippen molar-refractivity contribution in [2.75, 3.05) is 6.61 Å². The predicted octanol–water partition coefficient (Wildman–Crippen LogP) is 5.58. The van der Waals surface area contributed by atoms with Gasteiger partial charge in [0.05, 0.1) is 12.3 Å². The lowest BCUT2D eigenvalue weighted by molar-refractivity contribution is 0.249. The Morgan fingerprint density at radius 3 is 2.22 bits per heavy atom. The van der Waals surface area contributed by atoms with E-state index in [2.05, 4.69) is 30.1 Å². The lowest BCUT2D eigenvalue weighted by atomic mass is 9.78. The van der Waals surface area contributed by atoms with Crippen molar-refractivity contribution in [3.63, 3.8) is 0 Å². The lowest BCUT2D eigenvalue weighted by Crippen LogP contribution is -2.15. The summed E-state index contributed by atoms with van der Waals surface area (Å²) < 4.78 is 5.57. The monoisotopic (exact) mass is 318 g/mol. The summed E-state index contributed by atoms with van der Waals surface area (Å²) in [7, 11) is 0. The van der Waals surface area contributed by atoms with Crippen molar-refractivity contribution in [1.82, 2.24) is 10.2 Å². The summed E-state index contributed by atoms with van der Waals surface area (Å²) in [5, 5.41) is 8.51. The molecular formula is C20H34N2O. The normalized spacial score (nSPS) is 21.3. The van der Waals surface area contributed by atoms with Gasteiger partial charge >= 0.3 is 0 Å². The van der Waals surface area contributed by atoms with Crippen LogP contribution in [0.4, 0.5) is 0 Å². The number of nitrogens with zero attached hydrogens (tertiary/aromatic N) is 2. The minimum absolute atomic E-state index is 0.665. The molecule has 0 unspecified atom stereocenters. The van der Waals surface area contributed by atoms with Crippen LogP contribution in [0.3, 0.4) is 0 Å². The number of hydrogen-bond acceptors (Lipinski definition) is 3. The zero-order valence-corrected chi connectivity index (χ0v) is 15.1. The van der Waals surface area contributed by atoms with E-state index in [9.17, 15) is 0 Å². The van der Waals surface area contributed by atoms with E-state index < -0.39 is 0 Å². The maximum absolute atomic E-state index is 5.57. The van der Waals surface area contributed by atoms with Crippen molar-refractivity contribution in [1.29, 1.82) is 0 Å². The van der Waals surface area contributed by atoms with Gasteiger partial charge in [-0.05, 0) is 37.2 Å². The fourth-order valence-corrected chi connectivity index (χ4v) is 3.53. The van der Waals surface area contributed by atoms with Gasteiger partial charge in [-0.1, -0.05) is 65.2 Å². The van der Waals surface area contributed by atoms with Gasteiger partial charge in [-0.2, -0.15) is 5.10 Å². The van der Waals surface area contributed by atoms with E-state index in [0.29, 0.717) is 5.88 Å². The third kappa shape index (κ3) is 6.88. The topological polar surface area (TPSA) is 35.0 Å². The summed E-state index contributed by atoms with van der Waals surface area (Å²) in [6.45, 7) is 5.20. The first-order chi connectivity index (χ1) is 11.3. The summed E-state index contributed by atoms with van der Waals surface area (Å²) in [4.78, 5) is 0. The van der Waals surface area contributed by atoms with Crippen molar-refractivity contribution < 1.29 is 4.74 Å². The van der Waals surface area contributed by atoms with Gasteiger partial charge in [0, 0.05) is 6.07 Å². The maximum Gasteiger partial charge on any atom is 0.233 e. The number of aromatic nitrogens is 2. The molecule has 0 atom stereocenters. The molecule has 1 aromatic rings. The third-order valence-electron chi connectivity index (χ3n) is 5.18. The second-order valence-corrected chi connectivity index (χ2v) is 7.13. The molecule has 3 heteroatoms. The van der Waals surface area contributed by atoms with Crippen molar-refractivity contribution in [3.8, 4) is 5.88 Å². The standard InChI is InChI=1S/C20H34N2O/c1-3-5-7-17-8-10-18(11-9-17)12-13-19-14-15-20(22-21-19)23-16-6-4-2/h14-15,17-18H,3-13,16H2,1-2H3/t17-,18-. The molecule has 1 aromatic heterocycles. The zero-order valence-electron chi connectivity index (χ0n) is 15.1. The van der Waals surface area contributed by atoms with E-state index in [1.807, 2.05) is 6.07 Å². The summed E-state index contributed by atoms with van der Waals surface area (Å²) in [6.07, 6.45) is 14.5. The molecule has 1 fully saturated rings. The second kappa shape index (κ2) is 10.6. The van der Waals surface area contributed by atoms with Crippen LogP contribution in [0.2, 0.25) is 0 Å². The molecular weight excluding hydrogens is 284 g/mol. The van der Waals surface area contributed by atoms with Crippen LogP contribution in [0.5, 0.6) is 5.88 Å². The fraction of sp³-hybridized carbons (Fsp3) is 0.800. The molecule has 0 aromatic carbocycles. The molecule has 1 saturated carbocycles. The molecule has 0 aliphatic heterocycles. The summed E-state index contributed by atoms with van der Waals surface area (Å²) in [5.41, 5.74) is 1.11. The number of ether oxygens (including phenoxy) is 1. The molecule has 0 amide bonds. The molecule has 0 radical (unpaired) electrons. The van der Waals surface area contributed by atoms with Crippen LogP contribution >= 0.6 is 0 Å². The van der Waals surface area contributed by atoms with E-state index in [-0.39, 0.29) is 0 Å². The van der Waals surface area contributed by atoms with Crippen LogP contribution in [0.15, 0.2) is 12.1 Å². The molecule has 130 valence electrons. The van der Waals surface area contributed by atoms with Gasteiger partial charge in [0.25, 0.3) is 0 Å². The molecule has 3 nitrogen and oxygen atoms in total. The number of aryl methyl sites for hydroxylation is 1. The lowest BCUT2D eigenvalue weighted by Gasteiger charge is -2.28. The second-order valence-electron chi connectivity index (χ2n) is 7.13. The molecule has 1 heterocycles. The van der Waals surface area contributed by atoms with E-state index >= 15 is 0 Å². The van der Waals surface area contributed by atoms with Crippen LogP contribution in [-0.2, 0) is 6.42 Å². The summed E-state index contributed by atoms with van der Waals surface area (Å²) >= 11 is 0. The first-order valence-electron chi connectivity index (χ1n) is 9.77. The van der Waals surface area contributed by atoms with Gasteiger partial charge in [0.2, 0.25) is 5.88 Å². The van der Waals surface area contributed by atoms with Crippen molar-refractivity contribution in [2.45, 2.75) is 84.5 Å². The quantitative estimate of drug-likeness (QED) is 0.528. The van der Waals surface area contributed by atoms with Crippen LogP contribution in [0.1, 0.15) is 83.7 Å². The Kier molecular flexibility index (Phi) is 8.41. The summed E-state index contributed by atoms with van der Waals surface area (Å²) in [5.74, 6) is 2.57. The molecule has 0 spiro atoms. The highest BCUT2D eigenvalue weighted by Crippen LogP contribution is 2.34. The number of hydrogen-bond donors (Lipinski definition) is 0. The summed E-state index contributed by atoms with van der Waals surface area (Å²) in [6, 6.07) is 4.06. The van der Waals surface area contributed by atoms with E-state index in [1.54, 1.807) is 0 Å². The Morgan fingerprint density at radius 1 is 0.913 bits per heavy atom. The Morgan fingerprint density at radius 2 is 1.61 bits per heavy atom. The Bertz CT molecular complexity index is 410. The molecule has 0 bridgehead atoms. The first kappa shape index (κ1) is 18.2. The van der Waals surface area contributed by atoms with Crippen molar-refractivity contribution in [3.05, 3.63) is 17.8 Å². The number of unbranched alkanes of at least 4 members (excludes halogenated alkanes) is 2. The van der Waals surface area contributed by atoms with Crippen LogP contribution in [0.25, 0.3) is 0 Å². The van der Waals surface area contributed by atoms with E-state index in [4.69, 9.17) is 4.74 Å². The zero-order chi connectivity index (χ0) is 16.3. The number of rotatable bonds is 10. The Balaban J connectivity index is 1.64. The predicted molar refractivity (Wildman–Crippen MR) is 95.7 cm³/mol. The molecule has 2 rings (SSSR count). The highest BCUT2D eigenvalue weighted by atomic mass is 16.5. The van der Waals surface area contributed by atoms with Gasteiger partial charge in [0.1, 0.15) is 0 Å². The van der Waals surface area contributed by atoms with E-state index in [0.717, 1.165) is 43.4 Å². The highest BCUT2D eigenvalue weighted by molar-refractivity contribution is 5.11. The molecule has 23 heavy (non-hydrogen) atoms. The average molecular weight is 319 g/mol. The van der Waals surface area contributed by atoms with Crippen LogP contribution < -0.4 is 4.74 Å². The van der Waals surface area contributed by atoms with Crippen LogP contribution in [0, 0.1) is 11.8 Å². The Hall–Kier alpha value is -1.12. The minimum atomic E-state index is 0.665. The Labute approximate surface area is 142 Å². The minimum Gasteiger partial charge on any atom is -0.477 e. The fourth-order valence-electron chi connectivity index (χ4n) is 3.53. The largest absolute Gasteiger partial charge is 0.477 e. The molecule has 1 aliphatic rings. The van der Waals surface area contributed by atoms with Crippen molar-refractivity contribution >= 4 is 0 Å². The first-order valence-corrected chi connectivity index (χ1v) is 9.77. The molecule has 0 saturated heterocycles. The van der Waals surface area contributed by atoms with Gasteiger partial charge in [-0.25, -0.2) is 0 Å². The highest BCUT2D eigenvalue weighted by Gasteiger charge is 2.20. The smallest absolute Gasteiger partial charge is 0.233 e. The van der Waals surface area contributed by atoms with Gasteiger partial charge in [-0.15, -0.1) is 5.10 Å². The average Bonchev–Trinajstić information content (AvgIpc) is 2.60. The maximum atomic E-state index is 5.57. The van der Waals surface area contributed by atoms with Gasteiger partial charge in [-0.3, -0.25) is 0 Å². The SMILES string of the molecule is CCCCOc1ccc(CC[C@H]2CC[C@H](CCCC)CC2)nn1. The third-order valence-corrected chi connectivity index (χ3v) is 5.18.